The maximum absolute atomic E-state index is 12.3. The molecule has 0 atom stereocenters. The molecule has 0 aromatic heterocycles. The molecule has 2 aromatic rings. The third-order valence-corrected chi connectivity index (χ3v) is 4.58. The number of rotatable bonds is 7. The Morgan fingerprint density at radius 2 is 1.71 bits per heavy atom. The molecule has 28 heavy (non-hydrogen) atoms. The zero-order valence-electron chi connectivity index (χ0n) is 15.4. The van der Waals surface area contributed by atoms with Crippen LogP contribution in [0.1, 0.15) is 29.6 Å². The van der Waals surface area contributed by atoms with Gasteiger partial charge in [0.1, 0.15) is 5.69 Å². The summed E-state index contributed by atoms with van der Waals surface area (Å²) in [6, 6.07) is 13.1. The second-order valence-corrected chi connectivity index (χ2v) is 6.58. The molecule has 0 spiro atoms. The van der Waals surface area contributed by atoms with E-state index in [1.165, 1.54) is 6.07 Å². The van der Waals surface area contributed by atoms with Gasteiger partial charge in [0.05, 0.1) is 4.92 Å². The van der Waals surface area contributed by atoms with Gasteiger partial charge in [-0.2, -0.15) is 0 Å². The van der Waals surface area contributed by atoms with E-state index in [0.717, 1.165) is 25.9 Å². The van der Waals surface area contributed by atoms with Crippen LogP contribution in [0.2, 0.25) is 0 Å². The smallest absolute Gasteiger partial charge is 0.292 e. The van der Waals surface area contributed by atoms with Gasteiger partial charge in [-0.25, -0.2) is 0 Å². The summed E-state index contributed by atoms with van der Waals surface area (Å²) in [7, 11) is 0. The van der Waals surface area contributed by atoms with Crippen LogP contribution in [0.15, 0.2) is 48.5 Å². The highest BCUT2D eigenvalue weighted by molar-refractivity contribution is 5.96. The summed E-state index contributed by atoms with van der Waals surface area (Å²) in [5.74, 6) is -0.200. The Kier molecular flexibility index (Phi) is 6.21. The van der Waals surface area contributed by atoms with Crippen LogP contribution >= 0.6 is 0 Å². The number of nitro benzene ring substituents is 1. The van der Waals surface area contributed by atoms with Gasteiger partial charge in [0, 0.05) is 43.4 Å². The first kappa shape index (κ1) is 19.3. The van der Waals surface area contributed by atoms with E-state index in [9.17, 15) is 19.7 Å². The van der Waals surface area contributed by atoms with Crippen LogP contribution < -0.4 is 10.6 Å². The summed E-state index contributed by atoms with van der Waals surface area (Å²) in [5, 5.41) is 16.7. The highest BCUT2D eigenvalue weighted by atomic mass is 16.6. The molecule has 2 amide bonds. The summed E-state index contributed by atoms with van der Waals surface area (Å²) in [6.45, 7) is 1.86. The average molecular weight is 382 g/mol. The molecule has 1 aliphatic rings. The zero-order chi connectivity index (χ0) is 19.9. The fourth-order valence-corrected chi connectivity index (χ4v) is 3.12. The van der Waals surface area contributed by atoms with Gasteiger partial charge < -0.3 is 15.5 Å². The largest absolute Gasteiger partial charge is 0.379 e. The predicted molar refractivity (Wildman–Crippen MR) is 106 cm³/mol. The molecule has 8 heteroatoms. The molecule has 0 radical (unpaired) electrons. The highest BCUT2D eigenvalue weighted by Gasteiger charge is 2.19. The minimum atomic E-state index is -0.465. The molecular formula is C20H22N4O4. The predicted octanol–water partition coefficient (Wildman–Crippen LogP) is 3.27. The lowest BCUT2D eigenvalue weighted by Crippen LogP contribution is -2.27. The van der Waals surface area contributed by atoms with Crippen LogP contribution in [0.5, 0.6) is 0 Å². The molecule has 0 unspecified atom stereocenters. The normalized spacial score (nSPS) is 13.2. The van der Waals surface area contributed by atoms with Gasteiger partial charge in [-0.1, -0.05) is 12.1 Å². The molecule has 1 heterocycles. The van der Waals surface area contributed by atoms with Gasteiger partial charge in [-0.15, -0.1) is 0 Å². The van der Waals surface area contributed by atoms with Crippen molar-refractivity contribution in [3.05, 3.63) is 64.2 Å². The summed E-state index contributed by atoms with van der Waals surface area (Å²) in [5.41, 5.74) is 1.57. The quantitative estimate of drug-likeness (QED) is 0.565. The van der Waals surface area contributed by atoms with Gasteiger partial charge >= 0.3 is 0 Å². The molecular weight excluding hydrogens is 360 g/mol. The van der Waals surface area contributed by atoms with E-state index in [0.29, 0.717) is 16.9 Å². The van der Waals surface area contributed by atoms with Crippen LogP contribution in [0, 0.1) is 10.1 Å². The van der Waals surface area contributed by atoms with Crippen molar-refractivity contribution < 1.29 is 14.5 Å². The first-order valence-electron chi connectivity index (χ1n) is 9.21. The van der Waals surface area contributed by atoms with Crippen molar-refractivity contribution in [2.24, 2.45) is 0 Å². The van der Waals surface area contributed by atoms with Gasteiger partial charge in [0.15, 0.2) is 0 Å². The first-order valence-corrected chi connectivity index (χ1v) is 9.21. The Labute approximate surface area is 162 Å². The van der Waals surface area contributed by atoms with Crippen molar-refractivity contribution in [1.82, 2.24) is 4.90 Å². The standard InChI is InChI=1S/C20H22N4O4/c25-19(11-12-21-17-5-1-2-6-18(17)24(27)28)22-16-9-7-15(8-10-16)20(26)23-13-3-4-14-23/h1-2,5-10,21H,3-4,11-14H2,(H,22,25). The van der Waals surface area contributed by atoms with Crippen LogP contribution in [-0.4, -0.2) is 41.3 Å². The fraction of sp³-hybridized carbons (Fsp3) is 0.300. The van der Waals surface area contributed by atoms with Gasteiger partial charge in [-0.3, -0.25) is 19.7 Å². The third kappa shape index (κ3) is 4.85. The van der Waals surface area contributed by atoms with Gasteiger partial charge in [0.25, 0.3) is 11.6 Å². The number of hydrogen-bond donors (Lipinski definition) is 2. The van der Waals surface area contributed by atoms with Crippen molar-refractivity contribution in [1.29, 1.82) is 0 Å². The van der Waals surface area contributed by atoms with Crippen molar-refractivity contribution in [3.63, 3.8) is 0 Å². The summed E-state index contributed by atoms with van der Waals surface area (Å²) in [4.78, 5) is 36.8. The first-order chi connectivity index (χ1) is 13.5. The minimum absolute atomic E-state index is 0.0176. The molecule has 8 nitrogen and oxygen atoms in total. The van der Waals surface area contributed by atoms with Crippen LogP contribution in [-0.2, 0) is 4.79 Å². The van der Waals surface area contributed by atoms with Crippen molar-refractivity contribution in [2.75, 3.05) is 30.3 Å². The number of anilines is 2. The van der Waals surface area contributed by atoms with E-state index in [-0.39, 0.29) is 30.5 Å². The lowest BCUT2D eigenvalue weighted by molar-refractivity contribution is -0.384. The summed E-state index contributed by atoms with van der Waals surface area (Å²) in [6.07, 6.45) is 2.24. The number of para-hydroxylation sites is 2. The summed E-state index contributed by atoms with van der Waals surface area (Å²) >= 11 is 0. The number of nitrogens with one attached hydrogen (secondary N) is 2. The molecule has 3 rings (SSSR count). The van der Waals surface area contributed by atoms with Crippen LogP contribution in [0.25, 0.3) is 0 Å². The second kappa shape index (κ2) is 8.98. The number of likely N-dealkylation sites (tertiary alicyclic amines) is 1. The number of nitro groups is 1. The lowest BCUT2D eigenvalue weighted by atomic mass is 10.2. The zero-order valence-corrected chi connectivity index (χ0v) is 15.4. The van der Waals surface area contributed by atoms with E-state index in [1.54, 1.807) is 42.5 Å². The number of carbonyl (C=O) groups excluding carboxylic acids is 2. The fourth-order valence-electron chi connectivity index (χ4n) is 3.12. The van der Waals surface area contributed by atoms with Crippen LogP contribution in [0.4, 0.5) is 17.1 Å². The average Bonchev–Trinajstić information content (AvgIpc) is 3.23. The van der Waals surface area contributed by atoms with Gasteiger partial charge in [-0.05, 0) is 43.2 Å². The number of hydrogen-bond acceptors (Lipinski definition) is 5. The van der Waals surface area contributed by atoms with E-state index >= 15 is 0 Å². The number of amides is 2. The van der Waals surface area contributed by atoms with E-state index in [4.69, 9.17) is 0 Å². The lowest BCUT2D eigenvalue weighted by Gasteiger charge is -2.15. The van der Waals surface area contributed by atoms with Crippen LogP contribution in [0.3, 0.4) is 0 Å². The third-order valence-electron chi connectivity index (χ3n) is 4.58. The molecule has 0 aliphatic carbocycles. The number of carbonyl (C=O) groups is 2. The SMILES string of the molecule is O=C(CCNc1ccccc1[N+](=O)[O-])Nc1ccc(C(=O)N2CCCC2)cc1. The highest BCUT2D eigenvalue weighted by Crippen LogP contribution is 2.23. The Bertz CT molecular complexity index is 861. The topological polar surface area (TPSA) is 105 Å². The van der Waals surface area contributed by atoms with Crippen molar-refractivity contribution >= 4 is 28.9 Å². The second-order valence-electron chi connectivity index (χ2n) is 6.58. The van der Waals surface area contributed by atoms with Gasteiger partial charge in [0.2, 0.25) is 5.91 Å². The Hall–Kier alpha value is -3.42. The monoisotopic (exact) mass is 382 g/mol. The Balaban J connectivity index is 1.48. The molecule has 1 aliphatic heterocycles. The maximum Gasteiger partial charge on any atom is 0.292 e. The molecule has 0 bridgehead atoms. The molecule has 146 valence electrons. The summed E-state index contributed by atoms with van der Waals surface area (Å²) < 4.78 is 0. The van der Waals surface area contributed by atoms with Crippen molar-refractivity contribution in [3.8, 4) is 0 Å². The molecule has 1 fully saturated rings. The number of nitrogens with zero attached hydrogens (tertiary/aromatic N) is 2. The van der Waals surface area contributed by atoms with E-state index < -0.39 is 4.92 Å². The molecule has 2 N–H and O–H groups in total. The minimum Gasteiger partial charge on any atom is -0.379 e. The van der Waals surface area contributed by atoms with Crippen molar-refractivity contribution in [2.45, 2.75) is 19.3 Å². The number of benzene rings is 2. The Morgan fingerprint density at radius 3 is 2.39 bits per heavy atom. The maximum atomic E-state index is 12.3. The molecule has 1 saturated heterocycles. The molecule has 0 saturated carbocycles. The Morgan fingerprint density at radius 1 is 1.04 bits per heavy atom. The van der Waals surface area contributed by atoms with E-state index in [1.807, 2.05) is 4.90 Å². The van der Waals surface area contributed by atoms with E-state index in [2.05, 4.69) is 10.6 Å². The molecule has 2 aromatic carbocycles.